The van der Waals surface area contributed by atoms with Crippen LogP contribution in [0.25, 0.3) is 0 Å². The largest absolute Gasteiger partial charge is 0.468 e. The molecule has 0 heterocycles. The molecule has 0 aromatic heterocycles. The summed E-state index contributed by atoms with van der Waals surface area (Å²) in [5.74, 6) is 0.641. The highest BCUT2D eigenvalue weighted by molar-refractivity contribution is 5.81. The lowest BCUT2D eigenvalue weighted by molar-refractivity contribution is -0.153. The van der Waals surface area contributed by atoms with Gasteiger partial charge in [0.15, 0.2) is 0 Å². The maximum atomic E-state index is 12.0. The molecular weight excluding hydrogens is 230 g/mol. The average molecular weight is 255 g/mol. The SMILES string of the molecule is CCNC1(C(=O)OC)CCCC(OCC2CC2)C1. The molecule has 2 atom stereocenters. The Labute approximate surface area is 109 Å². The zero-order valence-electron chi connectivity index (χ0n) is 11.5. The molecule has 4 heteroatoms. The lowest BCUT2D eigenvalue weighted by atomic mass is 9.80. The molecule has 0 aliphatic heterocycles. The molecule has 18 heavy (non-hydrogen) atoms. The molecule has 0 bridgehead atoms. The Morgan fingerprint density at radius 1 is 1.39 bits per heavy atom. The van der Waals surface area contributed by atoms with E-state index in [0.29, 0.717) is 0 Å². The average Bonchev–Trinajstić information content (AvgIpc) is 3.20. The first-order chi connectivity index (χ1) is 8.70. The first-order valence-electron chi connectivity index (χ1n) is 7.15. The van der Waals surface area contributed by atoms with Crippen LogP contribution in [0.5, 0.6) is 0 Å². The Morgan fingerprint density at radius 3 is 2.78 bits per heavy atom. The molecule has 2 unspecified atom stereocenters. The Balaban J connectivity index is 1.93. The predicted octanol–water partition coefficient (Wildman–Crippen LogP) is 1.88. The van der Waals surface area contributed by atoms with Crippen molar-refractivity contribution in [1.29, 1.82) is 0 Å². The summed E-state index contributed by atoms with van der Waals surface area (Å²) >= 11 is 0. The lowest BCUT2D eigenvalue weighted by Gasteiger charge is -2.39. The Hall–Kier alpha value is -0.610. The van der Waals surface area contributed by atoms with Gasteiger partial charge in [0.25, 0.3) is 0 Å². The summed E-state index contributed by atoms with van der Waals surface area (Å²) in [4.78, 5) is 12.0. The minimum absolute atomic E-state index is 0.135. The van der Waals surface area contributed by atoms with E-state index in [1.807, 2.05) is 6.92 Å². The summed E-state index contributed by atoms with van der Waals surface area (Å²) in [6.45, 7) is 3.68. The van der Waals surface area contributed by atoms with Gasteiger partial charge in [-0.25, -0.2) is 0 Å². The molecule has 1 N–H and O–H groups in total. The molecule has 104 valence electrons. The van der Waals surface area contributed by atoms with Crippen LogP contribution in [0.2, 0.25) is 0 Å². The van der Waals surface area contributed by atoms with Gasteiger partial charge in [-0.15, -0.1) is 0 Å². The number of nitrogens with one attached hydrogen (secondary N) is 1. The quantitative estimate of drug-likeness (QED) is 0.736. The Kier molecular flexibility index (Phi) is 4.62. The van der Waals surface area contributed by atoms with Gasteiger partial charge in [-0.05, 0) is 44.6 Å². The van der Waals surface area contributed by atoms with Crippen molar-refractivity contribution < 1.29 is 14.3 Å². The molecule has 4 nitrogen and oxygen atoms in total. The van der Waals surface area contributed by atoms with Crippen molar-refractivity contribution in [1.82, 2.24) is 5.32 Å². The van der Waals surface area contributed by atoms with E-state index in [-0.39, 0.29) is 12.1 Å². The molecule has 0 saturated heterocycles. The number of methoxy groups -OCH3 is 1. The van der Waals surface area contributed by atoms with E-state index in [0.717, 1.165) is 44.8 Å². The van der Waals surface area contributed by atoms with Crippen LogP contribution in [0.4, 0.5) is 0 Å². The van der Waals surface area contributed by atoms with Crippen molar-refractivity contribution in [3.8, 4) is 0 Å². The summed E-state index contributed by atoms with van der Waals surface area (Å²) in [7, 11) is 1.47. The monoisotopic (exact) mass is 255 g/mol. The van der Waals surface area contributed by atoms with Gasteiger partial charge in [-0.1, -0.05) is 6.92 Å². The summed E-state index contributed by atoms with van der Waals surface area (Å²) < 4.78 is 10.9. The molecule has 0 aromatic carbocycles. The fourth-order valence-electron chi connectivity index (χ4n) is 2.88. The van der Waals surface area contributed by atoms with Crippen LogP contribution >= 0.6 is 0 Å². The maximum absolute atomic E-state index is 12.0. The Bertz CT molecular complexity index is 287. The molecule has 2 rings (SSSR count). The van der Waals surface area contributed by atoms with Crippen molar-refractivity contribution in [2.75, 3.05) is 20.3 Å². The van der Waals surface area contributed by atoms with Crippen LogP contribution < -0.4 is 5.32 Å². The lowest BCUT2D eigenvalue weighted by Crippen LogP contribution is -2.56. The van der Waals surface area contributed by atoms with E-state index in [9.17, 15) is 4.79 Å². The van der Waals surface area contributed by atoms with Crippen molar-refractivity contribution >= 4 is 5.97 Å². The number of carbonyl (C=O) groups is 1. The highest BCUT2D eigenvalue weighted by Gasteiger charge is 2.43. The third-order valence-corrected chi connectivity index (χ3v) is 4.06. The van der Waals surface area contributed by atoms with Gasteiger partial charge in [-0.3, -0.25) is 4.79 Å². The van der Waals surface area contributed by atoms with Crippen LogP contribution in [0.3, 0.4) is 0 Å². The van der Waals surface area contributed by atoms with Gasteiger partial charge < -0.3 is 14.8 Å². The second kappa shape index (κ2) is 6.02. The highest BCUT2D eigenvalue weighted by atomic mass is 16.5. The first kappa shape index (κ1) is 13.8. The zero-order chi connectivity index (χ0) is 13.0. The third kappa shape index (κ3) is 3.23. The summed E-state index contributed by atoms with van der Waals surface area (Å²) in [6.07, 6.45) is 6.52. The summed E-state index contributed by atoms with van der Waals surface area (Å²) in [5.41, 5.74) is -0.518. The highest BCUT2D eigenvalue weighted by Crippen LogP contribution is 2.34. The number of hydrogen-bond donors (Lipinski definition) is 1. The first-order valence-corrected chi connectivity index (χ1v) is 7.15. The third-order valence-electron chi connectivity index (χ3n) is 4.06. The van der Waals surface area contributed by atoms with Crippen LogP contribution in [0.1, 0.15) is 45.4 Å². The zero-order valence-corrected chi connectivity index (χ0v) is 11.5. The molecule has 0 radical (unpaired) electrons. The molecule has 2 aliphatic rings. The maximum Gasteiger partial charge on any atom is 0.326 e. The minimum Gasteiger partial charge on any atom is -0.468 e. The molecule has 0 aromatic rings. The molecule has 0 spiro atoms. The van der Waals surface area contributed by atoms with Crippen molar-refractivity contribution in [3.05, 3.63) is 0 Å². The van der Waals surface area contributed by atoms with Crippen LogP contribution in [-0.2, 0) is 14.3 Å². The van der Waals surface area contributed by atoms with Crippen LogP contribution in [-0.4, -0.2) is 37.9 Å². The molecule has 2 saturated carbocycles. The fraction of sp³-hybridized carbons (Fsp3) is 0.929. The van der Waals surface area contributed by atoms with Gasteiger partial charge in [-0.2, -0.15) is 0 Å². The molecule has 0 amide bonds. The van der Waals surface area contributed by atoms with Crippen molar-refractivity contribution in [3.63, 3.8) is 0 Å². The van der Waals surface area contributed by atoms with Crippen LogP contribution in [0, 0.1) is 5.92 Å². The van der Waals surface area contributed by atoms with E-state index in [1.165, 1.54) is 20.0 Å². The number of ether oxygens (including phenoxy) is 2. The molecule has 2 aliphatic carbocycles. The van der Waals surface area contributed by atoms with Crippen LogP contribution in [0.15, 0.2) is 0 Å². The van der Waals surface area contributed by atoms with E-state index in [4.69, 9.17) is 9.47 Å². The number of hydrogen-bond acceptors (Lipinski definition) is 4. The normalized spacial score (nSPS) is 32.2. The second-order valence-corrected chi connectivity index (χ2v) is 5.60. The van der Waals surface area contributed by atoms with Gasteiger partial charge >= 0.3 is 5.97 Å². The van der Waals surface area contributed by atoms with Gasteiger partial charge in [0.2, 0.25) is 0 Å². The van der Waals surface area contributed by atoms with Gasteiger partial charge in [0.1, 0.15) is 5.54 Å². The number of esters is 1. The van der Waals surface area contributed by atoms with E-state index >= 15 is 0 Å². The number of rotatable bonds is 6. The topological polar surface area (TPSA) is 47.6 Å². The molecule has 2 fully saturated rings. The van der Waals surface area contributed by atoms with Gasteiger partial charge in [0.05, 0.1) is 13.2 Å². The Morgan fingerprint density at radius 2 is 2.17 bits per heavy atom. The van der Waals surface area contributed by atoms with E-state index < -0.39 is 5.54 Å². The smallest absolute Gasteiger partial charge is 0.326 e. The molecular formula is C14H25NO3. The second-order valence-electron chi connectivity index (χ2n) is 5.60. The fourth-order valence-corrected chi connectivity index (χ4v) is 2.88. The minimum atomic E-state index is -0.518. The van der Waals surface area contributed by atoms with Crippen molar-refractivity contribution in [2.45, 2.75) is 57.1 Å². The van der Waals surface area contributed by atoms with Crippen molar-refractivity contribution in [2.24, 2.45) is 5.92 Å². The van der Waals surface area contributed by atoms with E-state index in [2.05, 4.69) is 5.32 Å². The van der Waals surface area contributed by atoms with E-state index in [1.54, 1.807) is 0 Å². The summed E-state index contributed by atoms with van der Waals surface area (Å²) in [6, 6.07) is 0. The van der Waals surface area contributed by atoms with Gasteiger partial charge in [0, 0.05) is 13.0 Å². The number of carbonyl (C=O) groups excluding carboxylic acids is 1. The standard InChI is InChI=1S/C14H25NO3/c1-3-15-14(13(16)17-2)8-4-5-12(9-14)18-10-11-6-7-11/h11-12,15H,3-10H2,1-2H3. The number of likely N-dealkylation sites (N-methyl/N-ethyl adjacent to an activating group) is 1. The predicted molar refractivity (Wildman–Crippen MR) is 69.4 cm³/mol. The summed E-state index contributed by atoms with van der Waals surface area (Å²) in [5, 5.41) is 3.33.